The smallest absolute Gasteiger partial charge is 0.328 e. The molecular weight excluding hydrogens is 364 g/mol. The quantitative estimate of drug-likeness (QED) is 0.617. The molecule has 1 aromatic heterocycles. The third-order valence-electron chi connectivity index (χ3n) is 4.16. The second kappa shape index (κ2) is 8.81. The van der Waals surface area contributed by atoms with Crippen molar-refractivity contribution in [3.8, 4) is 0 Å². The van der Waals surface area contributed by atoms with Crippen LogP contribution >= 0.6 is 11.6 Å². The van der Waals surface area contributed by atoms with Crippen LogP contribution in [0.15, 0.2) is 12.2 Å². The number of aliphatic carboxylic acids is 1. The van der Waals surface area contributed by atoms with E-state index in [1.54, 1.807) is 0 Å². The van der Waals surface area contributed by atoms with E-state index in [9.17, 15) is 14.4 Å². The van der Waals surface area contributed by atoms with Crippen LogP contribution in [-0.4, -0.2) is 70.1 Å². The average molecular weight is 385 g/mol. The summed E-state index contributed by atoms with van der Waals surface area (Å²) in [5.74, 6) is -1.87. The monoisotopic (exact) mass is 384 g/mol. The highest BCUT2D eigenvalue weighted by molar-refractivity contribution is 6.30. The number of piperidine rings is 1. The summed E-state index contributed by atoms with van der Waals surface area (Å²) < 4.78 is 5.39. The maximum absolute atomic E-state index is 12.4. The van der Waals surface area contributed by atoms with Crippen molar-refractivity contribution in [2.45, 2.75) is 31.9 Å². The number of aromatic nitrogens is 2. The van der Waals surface area contributed by atoms with Crippen molar-refractivity contribution < 1.29 is 24.2 Å². The molecule has 0 spiro atoms. The molecule has 1 aromatic rings. The van der Waals surface area contributed by atoms with E-state index in [4.69, 9.17) is 21.4 Å². The molecule has 142 valence electrons. The average Bonchev–Trinajstić information content (AvgIpc) is 3.00. The molecule has 2 unspecified atom stereocenters. The van der Waals surface area contributed by atoms with Gasteiger partial charge in [-0.25, -0.2) is 9.78 Å². The van der Waals surface area contributed by atoms with Gasteiger partial charge in [-0.05, 0) is 12.8 Å². The number of carboxylic acids is 1. The molecule has 1 fully saturated rings. The molecule has 2 atom stereocenters. The normalized spacial score (nSPS) is 20.3. The number of likely N-dealkylation sites (tertiary alicyclic amines) is 1. The first-order chi connectivity index (χ1) is 12.3. The molecule has 1 aliphatic rings. The van der Waals surface area contributed by atoms with Gasteiger partial charge in [0.25, 0.3) is 5.91 Å². The minimum Gasteiger partial charge on any atom is -0.478 e. The Bertz CT molecular complexity index is 717. The number of amides is 2. The molecule has 10 heteroatoms. The number of ether oxygens (including phenoxy) is 1. The number of methoxy groups -OCH3 is 1. The Morgan fingerprint density at radius 2 is 2.19 bits per heavy atom. The Hall–Kier alpha value is -2.39. The lowest BCUT2D eigenvalue weighted by Gasteiger charge is -2.37. The number of hydrogen-bond acceptors (Lipinski definition) is 5. The number of nitrogens with zero attached hydrogens (tertiary/aromatic N) is 2. The van der Waals surface area contributed by atoms with Gasteiger partial charge in [0.05, 0.1) is 17.8 Å². The highest BCUT2D eigenvalue weighted by Crippen LogP contribution is 2.16. The summed E-state index contributed by atoms with van der Waals surface area (Å²) in [5.41, 5.74) is 0.686. The summed E-state index contributed by atoms with van der Waals surface area (Å²) in [6, 6.07) is -0.311. The van der Waals surface area contributed by atoms with E-state index in [1.165, 1.54) is 12.0 Å². The van der Waals surface area contributed by atoms with E-state index in [2.05, 4.69) is 15.3 Å². The molecule has 26 heavy (non-hydrogen) atoms. The molecule has 2 amide bonds. The standard InChI is InChI=1S/C16H21ClN4O5/c1-3-9-14(17)20-15(18-9)16(25)19-10-6-7-21(8-11(10)26-2)12(22)4-5-13(23)24/h4-5,10-11H,3,6-8H2,1-2H3,(H,18,20)(H,19,25)(H,23,24)/b5-4+. The minimum atomic E-state index is -1.19. The highest BCUT2D eigenvalue weighted by Gasteiger charge is 2.32. The molecule has 1 aliphatic heterocycles. The fourth-order valence-corrected chi connectivity index (χ4v) is 3.00. The lowest BCUT2D eigenvalue weighted by atomic mass is 10.0. The van der Waals surface area contributed by atoms with Gasteiger partial charge in [-0.1, -0.05) is 18.5 Å². The van der Waals surface area contributed by atoms with Crippen LogP contribution in [-0.2, 0) is 20.7 Å². The Balaban J connectivity index is 1.99. The summed E-state index contributed by atoms with van der Waals surface area (Å²) >= 11 is 5.95. The molecule has 3 N–H and O–H groups in total. The first-order valence-corrected chi connectivity index (χ1v) is 8.51. The van der Waals surface area contributed by atoms with E-state index in [0.717, 1.165) is 12.2 Å². The summed E-state index contributed by atoms with van der Waals surface area (Å²) in [6.07, 6.45) is 2.47. The van der Waals surface area contributed by atoms with Crippen LogP contribution in [0.25, 0.3) is 0 Å². The zero-order valence-electron chi connectivity index (χ0n) is 14.5. The van der Waals surface area contributed by atoms with Gasteiger partial charge in [0, 0.05) is 32.4 Å². The molecule has 0 aliphatic carbocycles. The van der Waals surface area contributed by atoms with Crippen molar-refractivity contribution in [2.75, 3.05) is 20.2 Å². The van der Waals surface area contributed by atoms with Gasteiger partial charge < -0.3 is 25.0 Å². The number of aromatic amines is 1. The lowest BCUT2D eigenvalue weighted by Crippen LogP contribution is -2.55. The SMILES string of the molecule is CCc1[nH]c(C(=O)NC2CCN(C(=O)/C=C/C(=O)O)CC2OC)nc1Cl. The van der Waals surface area contributed by atoms with Crippen LogP contribution in [0.4, 0.5) is 0 Å². The third kappa shape index (κ3) is 4.83. The summed E-state index contributed by atoms with van der Waals surface area (Å²) in [7, 11) is 1.49. The summed E-state index contributed by atoms with van der Waals surface area (Å²) in [5, 5.41) is 11.7. The largest absolute Gasteiger partial charge is 0.478 e. The Morgan fingerprint density at radius 3 is 2.77 bits per heavy atom. The zero-order valence-corrected chi connectivity index (χ0v) is 15.2. The van der Waals surface area contributed by atoms with Gasteiger partial charge in [0.2, 0.25) is 5.91 Å². The van der Waals surface area contributed by atoms with Crippen molar-refractivity contribution in [3.63, 3.8) is 0 Å². The van der Waals surface area contributed by atoms with Crippen LogP contribution in [0.3, 0.4) is 0 Å². The summed E-state index contributed by atoms with van der Waals surface area (Å²) in [6.45, 7) is 2.50. The fourth-order valence-electron chi connectivity index (χ4n) is 2.74. The molecule has 9 nitrogen and oxygen atoms in total. The number of hydrogen-bond donors (Lipinski definition) is 3. The molecule has 0 aromatic carbocycles. The number of H-pyrrole nitrogens is 1. The number of aryl methyl sites for hydroxylation is 1. The van der Waals surface area contributed by atoms with Crippen molar-refractivity contribution in [3.05, 3.63) is 28.8 Å². The maximum Gasteiger partial charge on any atom is 0.328 e. The minimum absolute atomic E-state index is 0.129. The second-order valence-corrected chi connectivity index (χ2v) is 6.16. The van der Waals surface area contributed by atoms with Gasteiger partial charge in [-0.15, -0.1) is 0 Å². The number of imidazole rings is 1. The second-order valence-electron chi connectivity index (χ2n) is 5.81. The fraction of sp³-hybridized carbons (Fsp3) is 0.500. The lowest BCUT2D eigenvalue weighted by molar-refractivity contribution is -0.133. The number of carbonyl (C=O) groups excluding carboxylic acids is 2. The summed E-state index contributed by atoms with van der Waals surface area (Å²) in [4.78, 5) is 43.3. The van der Waals surface area contributed by atoms with Crippen LogP contribution in [0.2, 0.25) is 5.15 Å². The van der Waals surface area contributed by atoms with Crippen LogP contribution < -0.4 is 5.32 Å². The van der Waals surface area contributed by atoms with Crippen molar-refractivity contribution >= 4 is 29.4 Å². The number of rotatable bonds is 6. The van der Waals surface area contributed by atoms with Crippen molar-refractivity contribution in [1.29, 1.82) is 0 Å². The zero-order chi connectivity index (χ0) is 19.3. The van der Waals surface area contributed by atoms with E-state index in [-0.39, 0.29) is 23.6 Å². The Kier molecular flexibility index (Phi) is 6.76. The molecule has 0 bridgehead atoms. The topological polar surface area (TPSA) is 125 Å². The molecule has 1 saturated heterocycles. The van der Waals surface area contributed by atoms with Gasteiger partial charge in [0.15, 0.2) is 11.0 Å². The van der Waals surface area contributed by atoms with E-state index < -0.39 is 23.9 Å². The first kappa shape index (κ1) is 19.9. The van der Waals surface area contributed by atoms with Gasteiger partial charge >= 0.3 is 5.97 Å². The van der Waals surface area contributed by atoms with Gasteiger partial charge in [0.1, 0.15) is 0 Å². The third-order valence-corrected chi connectivity index (χ3v) is 4.47. The number of carboxylic acid groups (broad SMARTS) is 1. The van der Waals surface area contributed by atoms with Crippen molar-refractivity contribution in [1.82, 2.24) is 20.2 Å². The number of halogens is 1. The van der Waals surface area contributed by atoms with E-state index >= 15 is 0 Å². The van der Waals surface area contributed by atoms with E-state index in [1.807, 2.05) is 6.92 Å². The maximum atomic E-state index is 12.4. The highest BCUT2D eigenvalue weighted by atomic mass is 35.5. The van der Waals surface area contributed by atoms with Crippen LogP contribution in [0, 0.1) is 0 Å². The van der Waals surface area contributed by atoms with Gasteiger partial charge in [-0.3, -0.25) is 9.59 Å². The van der Waals surface area contributed by atoms with Crippen LogP contribution in [0.5, 0.6) is 0 Å². The Morgan fingerprint density at radius 1 is 1.46 bits per heavy atom. The Labute approximate surface area is 155 Å². The van der Waals surface area contributed by atoms with Crippen molar-refractivity contribution in [2.24, 2.45) is 0 Å². The van der Waals surface area contributed by atoms with E-state index in [0.29, 0.717) is 25.1 Å². The molecule has 2 rings (SSSR count). The van der Waals surface area contributed by atoms with Crippen LogP contribution in [0.1, 0.15) is 29.7 Å². The predicted octanol–water partition coefficient (Wildman–Crippen LogP) is 0.612. The first-order valence-electron chi connectivity index (χ1n) is 8.13. The predicted molar refractivity (Wildman–Crippen MR) is 93.0 cm³/mol. The molecule has 0 radical (unpaired) electrons. The van der Waals surface area contributed by atoms with Gasteiger partial charge in [-0.2, -0.15) is 0 Å². The number of carbonyl (C=O) groups is 3. The number of nitrogens with one attached hydrogen (secondary N) is 2. The molecule has 2 heterocycles. The molecular formula is C16H21ClN4O5. The molecule has 0 saturated carbocycles.